The van der Waals surface area contributed by atoms with Crippen molar-refractivity contribution in [3.8, 4) is 17.0 Å². The number of carboxylic acid groups (broad SMARTS) is 1. The van der Waals surface area contributed by atoms with E-state index in [-0.39, 0.29) is 11.6 Å². The van der Waals surface area contributed by atoms with Gasteiger partial charge in [-0.1, -0.05) is 23.7 Å². The number of ether oxygens (including phenoxy) is 2. The number of halogens is 1. The molecule has 0 saturated carbocycles. The van der Waals surface area contributed by atoms with Gasteiger partial charge in [-0.05, 0) is 54.3 Å². The number of carboxylic acids is 1. The molecule has 1 fully saturated rings. The Hall–Kier alpha value is -3.77. The van der Waals surface area contributed by atoms with Crippen molar-refractivity contribution in [1.82, 2.24) is 19.9 Å². The van der Waals surface area contributed by atoms with Crippen LogP contribution >= 0.6 is 22.9 Å². The van der Waals surface area contributed by atoms with Gasteiger partial charge in [0.15, 0.2) is 5.69 Å². The number of aromatic nitrogens is 3. The second-order valence-corrected chi connectivity index (χ2v) is 11.7. The molecule has 1 aliphatic carbocycles. The fraction of sp³-hybridized carbons (Fsp3) is 0.333. The van der Waals surface area contributed by atoms with Gasteiger partial charge in [0.25, 0.3) is 0 Å². The highest BCUT2D eigenvalue weighted by Crippen LogP contribution is 2.38. The van der Waals surface area contributed by atoms with Gasteiger partial charge in [-0.2, -0.15) is 4.98 Å². The number of piperazine rings is 1. The predicted molar refractivity (Wildman–Crippen MR) is 162 cm³/mol. The first-order valence-corrected chi connectivity index (χ1v) is 15.1. The molecule has 6 rings (SSSR count). The maximum Gasteiger partial charge on any atom is 0.355 e. The minimum Gasteiger partial charge on any atom is -0.489 e. The molecule has 12 heteroatoms. The van der Waals surface area contributed by atoms with E-state index in [1.165, 1.54) is 22.3 Å². The number of thiazole rings is 1. The molecule has 0 radical (unpaired) electrons. The Kier molecular flexibility index (Phi) is 8.52. The van der Waals surface area contributed by atoms with Crippen LogP contribution in [0.1, 0.15) is 32.2 Å². The van der Waals surface area contributed by atoms with Crippen LogP contribution in [0.4, 0.5) is 11.8 Å². The Balaban J connectivity index is 1.05. The highest BCUT2D eigenvalue weighted by Gasteiger charge is 2.27. The summed E-state index contributed by atoms with van der Waals surface area (Å²) in [6, 6.07) is 13.8. The molecule has 2 aromatic carbocycles. The van der Waals surface area contributed by atoms with E-state index in [1.54, 1.807) is 0 Å². The smallest absolute Gasteiger partial charge is 0.355 e. The van der Waals surface area contributed by atoms with Gasteiger partial charge >= 0.3 is 5.97 Å². The van der Waals surface area contributed by atoms with Gasteiger partial charge < -0.3 is 25.2 Å². The number of rotatable bonds is 10. The molecule has 218 valence electrons. The Bertz CT molecular complexity index is 1570. The van der Waals surface area contributed by atoms with E-state index in [4.69, 9.17) is 31.9 Å². The molecule has 3 heterocycles. The maximum atomic E-state index is 11.0. The maximum absolute atomic E-state index is 11.0. The average molecular weight is 607 g/mol. The van der Waals surface area contributed by atoms with Crippen LogP contribution in [0.15, 0.2) is 47.8 Å². The number of nitrogens with two attached hydrogens (primary N) is 1. The summed E-state index contributed by atoms with van der Waals surface area (Å²) in [5.41, 5.74) is 11.7. The summed E-state index contributed by atoms with van der Waals surface area (Å²) in [5, 5.41) is 11.9. The average Bonchev–Trinajstić information content (AvgIpc) is 3.48. The van der Waals surface area contributed by atoms with Gasteiger partial charge in [0.1, 0.15) is 23.2 Å². The van der Waals surface area contributed by atoms with Crippen molar-refractivity contribution >= 4 is 40.7 Å². The van der Waals surface area contributed by atoms with Gasteiger partial charge in [0, 0.05) is 54.3 Å². The molecule has 0 atom stereocenters. The zero-order valence-electron chi connectivity index (χ0n) is 23.0. The Labute approximate surface area is 252 Å². The van der Waals surface area contributed by atoms with Gasteiger partial charge in [0.05, 0.1) is 18.9 Å². The third kappa shape index (κ3) is 6.49. The quantitative estimate of drug-likeness (QED) is 0.248. The molecular weight excluding hydrogens is 576 g/mol. The lowest BCUT2D eigenvalue weighted by Gasteiger charge is -2.37. The lowest BCUT2D eigenvalue weighted by atomic mass is 9.88. The third-order valence-electron chi connectivity index (χ3n) is 7.52. The van der Waals surface area contributed by atoms with Crippen molar-refractivity contribution in [2.45, 2.75) is 26.1 Å². The summed E-state index contributed by atoms with van der Waals surface area (Å²) < 4.78 is 11.8. The lowest BCUT2D eigenvalue weighted by molar-refractivity contribution is 0.0689. The zero-order chi connectivity index (χ0) is 29.1. The van der Waals surface area contributed by atoms with E-state index >= 15 is 0 Å². The standard InChI is InChI=1S/C30H31ClN6O4S/c31-21-4-1-19(2-5-21)16-41-22-6-8-23-20(15-22)3-7-24-27(23)34-30(32)35-28(24)37-11-9-36(10-12-37)13-14-40-17-26-33-25(18-42-26)29(38)39/h1-2,4-6,8,15,18H,3,7,9-14,16-17H2,(H,38,39)(H2,32,34,35). The number of fused-ring (bicyclic) bond motifs is 3. The second kappa shape index (κ2) is 12.6. The predicted octanol–water partition coefficient (Wildman–Crippen LogP) is 4.55. The summed E-state index contributed by atoms with van der Waals surface area (Å²) in [6.45, 7) is 5.58. The minimum absolute atomic E-state index is 0.0646. The highest BCUT2D eigenvalue weighted by atomic mass is 35.5. The Morgan fingerprint density at radius 1 is 1.02 bits per heavy atom. The Morgan fingerprint density at radius 3 is 2.60 bits per heavy atom. The summed E-state index contributed by atoms with van der Waals surface area (Å²) in [5.74, 6) is 1.02. The lowest BCUT2D eigenvalue weighted by Crippen LogP contribution is -2.48. The van der Waals surface area contributed by atoms with E-state index in [1.807, 2.05) is 30.3 Å². The number of aromatic carboxylic acids is 1. The minimum atomic E-state index is -1.02. The van der Waals surface area contributed by atoms with Crippen molar-refractivity contribution in [2.75, 3.05) is 50.0 Å². The summed E-state index contributed by atoms with van der Waals surface area (Å²) in [6.07, 6.45) is 1.72. The van der Waals surface area contributed by atoms with Crippen molar-refractivity contribution in [3.63, 3.8) is 0 Å². The molecule has 0 spiro atoms. The SMILES string of the molecule is Nc1nc2c(c(N3CCN(CCOCc4nc(C(=O)O)cs4)CC3)n1)CCc1cc(OCc3ccc(Cl)cc3)ccc1-2. The fourth-order valence-electron chi connectivity index (χ4n) is 5.32. The molecule has 0 unspecified atom stereocenters. The Morgan fingerprint density at radius 2 is 1.83 bits per heavy atom. The number of benzene rings is 2. The molecule has 0 amide bonds. The highest BCUT2D eigenvalue weighted by molar-refractivity contribution is 7.09. The van der Waals surface area contributed by atoms with Crippen LogP contribution in [0.2, 0.25) is 5.02 Å². The van der Waals surface area contributed by atoms with Crippen molar-refractivity contribution < 1.29 is 19.4 Å². The fourth-order valence-corrected chi connectivity index (χ4v) is 6.15. The van der Waals surface area contributed by atoms with E-state index in [0.29, 0.717) is 29.9 Å². The molecule has 42 heavy (non-hydrogen) atoms. The van der Waals surface area contributed by atoms with Gasteiger partial charge in [-0.3, -0.25) is 4.90 Å². The van der Waals surface area contributed by atoms with Gasteiger partial charge in [-0.25, -0.2) is 14.8 Å². The van der Waals surface area contributed by atoms with E-state index < -0.39 is 5.97 Å². The van der Waals surface area contributed by atoms with Crippen molar-refractivity contribution in [1.29, 1.82) is 0 Å². The van der Waals surface area contributed by atoms with Crippen LogP contribution in [-0.2, 0) is 30.8 Å². The van der Waals surface area contributed by atoms with E-state index in [2.05, 4.69) is 36.9 Å². The van der Waals surface area contributed by atoms with Crippen LogP contribution < -0.4 is 15.4 Å². The van der Waals surface area contributed by atoms with E-state index in [0.717, 1.165) is 79.5 Å². The number of nitrogen functional groups attached to an aromatic ring is 1. The normalized spacial score (nSPS) is 14.8. The molecule has 2 aliphatic rings. The number of anilines is 2. The molecule has 1 saturated heterocycles. The van der Waals surface area contributed by atoms with Crippen LogP contribution in [0.3, 0.4) is 0 Å². The summed E-state index contributed by atoms with van der Waals surface area (Å²) >= 11 is 7.29. The van der Waals surface area contributed by atoms with Gasteiger partial charge in [0.2, 0.25) is 5.95 Å². The largest absolute Gasteiger partial charge is 0.489 e. The number of carbonyl (C=O) groups is 1. The first-order chi connectivity index (χ1) is 20.4. The monoisotopic (exact) mass is 606 g/mol. The van der Waals surface area contributed by atoms with Crippen LogP contribution in [0, 0.1) is 0 Å². The summed E-state index contributed by atoms with van der Waals surface area (Å²) in [7, 11) is 0. The van der Waals surface area contributed by atoms with Gasteiger partial charge in [-0.15, -0.1) is 11.3 Å². The molecular formula is C30H31ClN6O4S. The van der Waals surface area contributed by atoms with E-state index in [9.17, 15) is 4.79 Å². The molecule has 0 bridgehead atoms. The number of hydrogen-bond donors (Lipinski definition) is 2. The topological polar surface area (TPSA) is 127 Å². The molecule has 1 aliphatic heterocycles. The van der Waals surface area contributed by atoms with Crippen LogP contribution in [0.25, 0.3) is 11.3 Å². The number of nitrogens with zero attached hydrogens (tertiary/aromatic N) is 5. The summed E-state index contributed by atoms with van der Waals surface area (Å²) in [4.78, 5) is 29.1. The third-order valence-corrected chi connectivity index (χ3v) is 8.59. The van der Waals surface area contributed by atoms with Crippen molar-refractivity contribution in [2.24, 2.45) is 0 Å². The molecule has 4 aromatic rings. The molecule has 3 N–H and O–H groups in total. The van der Waals surface area contributed by atoms with Crippen molar-refractivity contribution in [3.05, 3.63) is 80.3 Å². The van der Waals surface area contributed by atoms with Crippen LogP contribution in [-0.4, -0.2) is 70.3 Å². The second-order valence-electron chi connectivity index (χ2n) is 10.3. The van der Waals surface area contributed by atoms with Crippen LogP contribution in [0.5, 0.6) is 5.75 Å². The zero-order valence-corrected chi connectivity index (χ0v) is 24.5. The molecule has 10 nitrogen and oxygen atoms in total. The first-order valence-electron chi connectivity index (χ1n) is 13.8. The number of aryl methyl sites for hydroxylation is 1. The number of hydrogen-bond acceptors (Lipinski definition) is 10. The molecule has 2 aromatic heterocycles. The first kappa shape index (κ1) is 28.4.